The molecule has 2 aliphatic heterocycles. The molecule has 0 amide bonds. The summed E-state index contributed by atoms with van der Waals surface area (Å²) in [7, 11) is 0. The highest BCUT2D eigenvalue weighted by Gasteiger charge is 2.33. The van der Waals surface area contributed by atoms with E-state index in [9.17, 15) is 10.2 Å². The van der Waals surface area contributed by atoms with E-state index in [0.29, 0.717) is 12.0 Å². The van der Waals surface area contributed by atoms with Crippen LogP contribution in [0.2, 0.25) is 0 Å². The van der Waals surface area contributed by atoms with Crippen LogP contribution in [0.5, 0.6) is 0 Å². The quantitative estimate of drug-likeness (QED) is 0.760. The topological polar surface area (TPSA) is 52.9 Å². The van der Waals surface area contributed by atoms with Crippen molar-refractivity contribution in [2.45, 2.75) is 50.9 Å². The second kappa shape index (κ2) is 6.14. The first-order valence-corrected chi connectivity index (χ1v) is 6.87. The van der Waals surface area contributed by atoms with Crippen LogP contribution in [0, 0.1) is 5.92 Å². The first-order valence-electron chi connectivity index (χ1n) is 6.87. The Hall–Kier alpha value is -0.160. The lowest BCUT2D eigenvalue weighted by atomic mass is 9.93. The monoisotopic (exact) mass is 243 g/mol. The van der Waals surface area contributed by atoms with Gasteiger partial charge in [-0.25, -0.2) is 0 Å². The van der Waals surface area contributed by atoms with E-state index in [0.717, 1.165) is 45.4 Å². The van der Waals surface area contributed by atoms with E-state index in [4.69, 9.17) is 4.74 Å². The van der Waals surface area contributed by atoms with E-state index < -0.39 is 0 Å². The van der Waals surface area contributed by atoms with Crippen LogP contribution in [-0.2, 0) is 4.74 Å². The Morgan fingerprint density at radius 3 is 2.88 bits per heavy atom. The van der Waals surface area contributed by atoms with E-state index >= 15 is 0 Å². The highest BCUT2D eigenvalue weighted by molar-refractivity contribution is 4.86. The molecular formula is C13H25NO3. The molecule has 0 radical (unpaired) electrons. The maximum atomic E-state index is 9.65. The molecule has 0 saturated carbocycles. The van der Waals surface area contributed by atoms with Crippen molar-refractivity contribution in [3.05, 3.63) is 0 Å². The highest BCUT2D eigenvalue weighted by Crippen LogP contribution is 2.26. The van der Waals surface area contributed by atoms with Crippen LogP contribution in [0.15, 0.2) is 0 Å². The van der Waals surface area contributed by atoms with Gasteiger partial charge in [0.05, 0.1) is 18.8 Å². The molecule has 4 heteroatoms. The summed E-state index contributed by atoms with van der Waals surface area (Å²) in [5.74, 6) is 0.660. The first-order chi connectivity index (χ1) is 8.22. The molecule has 2 N–H and O–H groups in total. The van der Waals surface area contributed by atoms with Gasteiger partial charge >= 0.3 is 0 Å². The highest BCUT2D eigenvalue weighted by atomic mass is 16.5. The number of aliphatic hydroxyl groups is 2. The maximum absolute atomic E-state index is 9.65. The molecule has 0 aromatic carbocycles. The number of aliphatic hydroxyl groups excluding tert-OH is 2. The summed E-state index contributed by atoms with van der Waals surface area (Å²) >= 11 is 0. The molecule has 100 valence electrons. The van der Waals surface area contributed by atoms with Crippen molar-refractivity contribution in [3.8, 4) is 0 Å². The molecule has 0 aromatic rings. The van der Waals surface area contributed by atoms with Gasteiger partial charge in [0.25, 0.3) is 0 Å². The number of likely N-dealkylation sites (tertiary alicyclic amines) is 1. The van der Waals surface area contributed by atoms with Gasteiger partial charge in [0, 0.05) is 25.7 Å². The van der Waals surface area contributed by atoms with Gasteiger partial charge in [0.1, 0.15) is 0 Å². The second-order valence-electron chi connectivity index (χ2n) is 5.47. The number of ether oxygens (including phenoxy) is 1. The van der Waals surface area contributed by atoms with Crippen molar-refractivity contribution in [1.82, 2.24) is 4.90 Å². The van der Waals surface area contributed by atoms with Crippen molar-refractivity contribution >= 4 is 0 Å². The predicted octanol–water partition coefficient (Wildman–Crippen LogP) is 0.619. The SMILES string of the molecule is CCC1CC(CN2C[C@@H](O)C[C@H]2CO)CCO1. The van der Waals surface area contributed by atoms with Gasteiger partial charge in [0.15, 0.2) is 0 Å². The lowest BCUT2D eigenvalue weighted by molar-refractivity contribution is -0.0202. The van der Waals surface area contributed by atoms with E-state index in [1.165, 1.54) is 0 Å². The fraction of sp³-hybridized carbons (Fsp3) is 1.00. The van der Waals surface area contributed by atoms with Gasteiger partial charge in [-0.2, -0.15) is 0 Å². The van der Waals surface area contributed by atoms with Gasteiger partial charge in [-0.1, -0.05) is 6.92 Å². The standard InChI is InChI=1S/C13H25NO3/c1-2-13-5-10(3-4-17-13)7-14-8-12(16)6-11(14)9-15/h10-13,15-16H,2-9H2,1H3/t10?,11-,12-,13?/m0/s1. The molecular weight excluding hydrogens is 218 g/mol. The van der Waals surface area contributed by atoms with E-state index in [1.807, 2.05) is 0 Å². The van der Waals surface area contributed by atoms with Crippen molar-refractivity contribution in [1.29, 1.82) is 0 Å². The summed E-state index contributed by atoms with van der Waals surface area (Å²) in [6.45, 7) is 4.92. The molecule has 0 bridgehead atoms. The third-order valence-electron chi connectivity index (χ3n) is 4.14. The number of nitrogens with zero attached hydrogens (tertiary/aromatic N) is 1. The molecule has 4 nitrogen and oxygen atoms in total. The van der Waals surface area contributed by atoms with Crippen molar-refractivity contribution in [3.63, 3.8) is 0 Å². The minimum atomic E-state index is -0.256. The van der Waals surface area contributed by atoms with Gasteiger partial charge in [-0.3, -0.25) is 4.90 Å². The number of hydrogen-bond acceptors (Lipinski definition) is 4. The average molecular weight is 243 g/mol. The number of rotatable bonds is 4. The molecule has 0 spiro atoms. The maximum Gasteiger partial charge on any atom is 0.0683 e. The molecule has 2 saturated heterocycles. The molecule has 17 heavy (non-hydrogen) atoms. The van der Waals surface area contributed by atoms with Crippen LogP contribution in [0.4, 0.5) is 0 Å². The van der Waals surface area contributed by atoms with Crippen molar-refractivity contribution < 1.29 is 14.9 Å². The average Bonchev–Trinajstić information content (AvgIpc) is 2.69. The largest absolute Gasteiger partial charge is 0.395 e. The summed E-state index contributed by atoms with van der Waals surface area (Å²) in [5, 5.41) is 19.0. The van der Waals surface area contributed by atoms with E-state index in [1.54, 1.807) is 0 Å². The van der Waals surface area contributed by atoms with Crippen LogP contribution in [0.1, 0.15) is 32.6 Å². The third kappa shape index (κ3) is 3.41. The fourth-order valence-electron chi connectivity index (χ4n) is 3.11. The van der Waals surface area contributed by atoms with E-state index in [2.05, 4.69) is 11.8 Å². The zero-order valence-corrected chi connectivity index (χ0v) is 10.7. The zero-order chi connectivity index (χ0) is 12.3. The molecule has 2 heterocycles. The third-order valence-corrected chi connectivity index (χ3v) is 4.14. The molecule has 2 aliphatic rings. The summed E-state index contributed by atoms with van der Waals surface area (Å²) in [6.07, 6.45) is 4.20. The second-order valence-corrected chi connectivity index (χ2v) is 5.47. The van der Waals surface area contributed by atoms with Gasteiger partial charge in [-0.15, -0.1) is 0 Å². The Balaban J connectivity index is 1.83. The van der Waals surface area contributed by atoms with Crippen molar-refractivity contribution in [2.24, 2.45) is 5.92 Å². The fourth-order valence-corrected chi connectivity index (χ4v) is 3.11. The summed E-state index contributed by atoms with van der Waals surface area (Å²) < 4.78 is 5.68. The Kier molecular flexibility index (Phi) is 4.79. The lowest BCUT2D eigenvalue weighted by Crippen LogP contribution is -2.39. The summed E-state index contributed by atoms with van der Waals surface area (Å²) in [5.41, 5.74) is 0. The molecule has 0 aliphatic carbocycles. The molecule has 2 rings (SSSR count). The normalized spacial score (nSPS) is 39.7. The van der Waals surface area contributed by atoms with Crippen LogP contribution in [0.25, 0.3) is 0 Å². The minimum Gasteiger partial charge on any atom is -0.395 e. The van der Waals surface area contributed by atoms with Gasteiger partial charge in [0.2, 0.25) is 0 Å². The smallest absolute Gasteiger partial charge is 0.0683 e. The zero-order valence-electron chi connectivity index (χ0n) is 10.7. The predicted molar refractivity (Wildman–Crippen MR) is 65.8 cm³/mol. The van der Waals surface area contributed by atoms with Crippen LogP contribution in [0.3, 0.4) is 0 Å². The Morgan fingerprint density at radius 1 is 1.35 bits per heavy atom. The van der Waals surface area contributed by atoms with Gasteiger partial charge in [-0.05, 0) is 31.6 Å². The Bertz CT molecular complexity index is 237. The summed E-state index contributed by atoms with van der Waals surface area (Å²) in [6, 6.07) is 0.160. The first kappa shape index (κ1) is 13.3. The minimum absolute atomic E-state index is 0.160. The van der Waals surface area contributed by atoms with Crippen LogP contribution < -0.4 is 0 Å². The Labute approximate surface area is 104 Å². The lowest BCUT2D eigenvalue weighted by Gasteiger charge is -2.33. The van der Waals surface area contributed by atoms with Gasteiger partial charge < -0.3 is 14.9 Å². The van der Waals surface area contributed by atoms with Crippen LogP contribution in [-0.4, -0.2) is 59.7 Å². The molecule has 2 unspecified atom stereocenters. The molecule has 4 atom stereocenters. The van der Waals surface area contributed by atoms with E-state index in [-0.39, 0.29) is 18.8 Å². The summed E-state index contributed by atoms with van der Waals surface area (Å²) in [4.78, 5) is 2.26. The van der Waals surface area contributed by atoms with Crippen molar-refractivity contribution in [2.75, 3.05) is 26.3 Å². The van der Waals surface area contributed by atoms with Crippen LogP contribution >= 0.6 is 0 Å². The Morgan fingerprint density at radius 2 is 2.18 bits per heavy atom. The molecule has 0 aromatic heterocycles. The molecule has 2 fully saturated rings. The number of β-amino-alcohol motifs (C(OH)–C–C–N with tert-alkyl or cyclic N) is 1. The number of hydrogen-bond donors (Lipinski definition) is 2.